The van der Waals surface area contributed by atoms with Gasteiger partial charge in [0, 0.05) is 6.61 Å². The number of carbonyl (C=O) groups excluding carboxylic acids is 2. The Morgan fingerprint density at radius 2 is 2.14 bits per heavy atom. The molecule has 1 N–H and O–H groups in total. The largest absolute Gasteiger partial charge is 0.373 e. The predicted octanol–water partition coefficient (Wildman–Crippen LogP) is 1.71. The Morgan fingerprint density at radius 3 is 2.67 bits per heavy atom. The van der Waals surface area contributed by atoms with E-state index in [1.54, 1.807) is 4.90 Å². The van der Waals surface area contributed by atoms with Crippen LogP contribution in [0.5, 0.6) is 0 Å². The maximum Gasteiger partial charge on any atom is 0.246 e. The van der Waals surface area contributed by atoms with Crippen molar-refractivity contribution in [1.82, 2.24) is 10.2 Å². The van der Waals surface area contributed by atoms with E-state index in [0.717, 1.165) is 25.9 Å². The third-order valence-corrected chi connectivity index (χ3v) is 4.93. The van der Waals surface area contributed by atoms with Crippen molar-refractivity contribution in [2.45, 2.75) is 71.1 Å². The first-order valence-corrected chi connectivity index (χ1v) is 8.16. The van der Waals surface area contributed by atoms with E-state index >= 15 is 0 Å². The van der Waals surface area contributed by atoms with Gasteiger partial charge in [-0.05, 0) is 32.1 Å². The lowest BCUT2D eigenvalue weighted by atomic mass is 9.92. The topological polar surface area (TPSA) is 58.6 Å². The van der Waals surface area contributed by atoms with Crippen molar-refractivity contribution in [2.24, 2.45) is 5.92 Å². The van der Waals surface area contributed by atoms with Gasteiger partial charge < -0.3 is 15.0 Å². The molecule has 21 heavy (non-hydrogen) atoms. The highest BCUT2D eigenvalue weighted by Gasteiger charge is 2.44. The van der Waals surface area contributed by atoms with E-state index in [0.29, 0.717) is 13.0 Å². The molecule has 2 amide bonds. The molecule has 0 aromatic rings. The maximum absolute atomic E-state index is 12.8. The van der Waals surface area contributed by atoms with Gasteiger partial charge in [-0.3, -0.25) is 9.59 Å². The van der Waals surface area contributed by atoms with Crippen LogP contribution in [0.15, 0.2) is 0 Å². The highest BCUT2D eigenvalue weighted by molar-refractivity contribution is 5.97. The molecule has 2 aliphatic heterocycles. The van der Waals surface area contributed by atoms with E-state index in [2.05, 4.69) is 5.32 Å². The van der Waals surface area contributed by atoms with Gasteiger partial charge in [0.1, 0.15) is 12.1 Å². The van der Waals surface area contributed by atoms with Crippen molar-refractivity contribution >= 4 is 11.8 Å². The van der Waals surface area contributed by atoms with Gasteiger partial charge in [-0.2, -0.15) is 0 Å². The zero-order valence-electron chi connectivity index (χ0n) is 13.6. The van der Waals surface area contributed by atoms with E-state index in [1.807, 2.05) is 27.7 Å². The number of nitrogens with one attached hydrogen (secondary N) is 1. The number of rotatable bonds is 5. The van der Waals surface area contributed by atoms with Crippen LogP contribution in [0.3, 0.4) is 0 Å². The Morgan fingerprint density at radius 1 is 1.43 bits per heavy atom. The van der Waals surface area contributed by atoms with Crippen LogP contribution >= 0.6 is 0 Å². The number of ether oxygens (including phenoxy) is 1. The van der Waals surface area contributed by atoms with E-state index in [-0.39, 0.29) is 29.4 Å². The van der Waals surface area contributed by atoms with Crippen LogP contribution in [-0.2, 0) is 14.3 Å². The third kappa shape index (κ3) is 3.23. The van der Waals surface area contributed by atoms with Gasteiger partial charge in [0.2, 0.25) is 11.8 Å². The van der Waals surface area contributed by atoms with Crippen molar-refractivity contribution < 1.29 is 14.3 Å². The zero-order chi connectivity index (χ0) is 15.6. The number of hydrogen-bond acceptors (Lipinski definition) is 3. The van der Waals surface area contributed by atoms with Crippen LogP contribution in [0.25, 0.3) is 0 Å². The number of carbonyl (C=O) groups is 2. The highest BCUT2D eigenvalue weighted by atomic mass is 16.5. The molecular formula is C16H28N2O3. The molecule has 0 radical (unpaired) electrons. The predicted molar refractivity (Wildman–Crippen MR) is 80.8 cm³/mol. The molecular weight excluding hydrogens is 268 g/mol. The first kappa shape index (κ1) is 16.3. The van der Waals surface area contributed by atoms with Crippen LogP contribution in [0.4, 0.5) is 0 Å². The Hall–Kier alpha value is -1.10. The van der Waals surface area contributed by atoms with Crippen LogP contribution in [0.2, 0.25) is 0 Å². The van der Waals surface area contributed by atoms with Gasteiger partial charge in [-0.15, -0.1) is 0 Å². The SMILES string of the molecule is CCC(C)C1NC(=O)C(CC)N(CC2(C)CCCO2)C1=O. The van der Waals surface area contributed by atoms with Crippen molar-refractivity contribution in [3.8, 4) is 0 Å². The summed E-state index contributed by atoms with van der Waals surface area (Å²) in [6.07, 6.45) is 3.48. The molecule has 2 fully saturated rings. The monoisotopic (exact) mass is 296 g/mol. The maximum atomic E-state index is 12.8. The van der Waals surface area contributed by atoms with Crippen molar-refractivity contribution in [1.29, 1.82) is 0 Å². The fraction of sp³-hybridized carbons (Fsp3) is 0.875. The van der Waals surface area contributed by atoms with Crippen molar-refractivity contribution in [3.63, 3.8) is 0 Å². The molecule has 4 unspecified atom stereocenters. The second kappa shape index (κ2) is 6.34. The molecule has 0 aromatic heterocycles. The summed E-state index contributed by atoms with van der Waals surface area (Å²) in [4.78, 5) is 26.9. The molecule has 5 nitrogen and oxygen atoms in total. The fourth-order valence-corrected chi connectivity index (χ4v) is 3.32. The van der Waals surface area contributed by atoms with Crippen LogP contribution in [0.1, 0.15) is 53.4 Å². The second-order valence-electron chi connectivity index (χ2n) is 6.66. The lowest BCUT2D eigenvalue weighted by molar-refractivity contribution is -0.155. The Balaban J connectivity index is 2.20. The summed E-state index contributed by atoms with van der Waals surface area (Å²) in [6, 6.07) is -0.755. The Labute approximate surface area is 127 Å². The van der Waals surface area contributed by atoms with Gasteiger partial charge in [0.05, 0.1) is 12.1 Å². The van der Waals surface area contributed by atoms with Gasteiger partial charge in [-0.1, -0.05) is 27.2 Å². The molecule has 5 heteroatoms. The van der Waals surface area contributed by atoms with Crippen molar-refractivity contribution in [3.05, 3.63) is 0 Å². The summed E-state index contributed by atoms with van der Waals surface area (Å²) in [5, 5.41) is 2.91. The molecule has 0 bridgehead atoms. The molecule has 4 atom stereocenters. The summed E-state index contributed by atoms with van der Waals surface area (Å²) < 4.78 is 5.82. The molecule has 0 aromatic carbocycles. The van der Waals surface area contributed by atoms with E-state index in [1.165, 1.54) is 0 Å². The Kier molecular flexibility index (Phi) is 4.91. The minimum Gasteiger partial charge on any atom is -0.373 e. The molecule has 120 valence electrons. The molecule has 0 aliphatic carbocycles. The number of piperazine rings is 1. The average Bonchev–Trinajstić information content (AvgIpc) is 2.88. The minimum atomic E-state index is -0.393. The van der Waals surface area contributed by atoms with E-state index in [4.69, 9.17) is 4.74 Å². The normalized spacial score (nSPS) is 35.0. The summed E-state index contributed by atoms with van der Waals surface area (Å²) in [5.74, 6) is 0.176. The standard InChI is InChI=1S/C16H28N2O3/c1-5-11(3)13-15(20)18(12(6-2)14(19)17-13)10-16(4)8-7-9-21-16/h11-13H,5-10H2,1-4H3,(H,17,19). The first-order chi connectivity index (χ1) is 9.91. The lowest BCUT2D eigenvalue weighted by Gasteiger charge is -2.43. The summed E-state index contributed by atoms with van der Waals surface area (Å²) in [7, 11) is 0. The zero-order valence-corrected chi connectivity index (χ0v) is 13.6. The van der Waals surface area contributed by atoms with Gasteiger partial charge in [0.25, 0.3) is 0 Å². The van der Waals surface area contributed by atoms with Gasteiger partial charge in [-0.25, -0.2) is 0 Å². The quantitative estimate of drug-likeness (QED) is 0.840. The number of amides is 2. The third-order valence-electron chi connectivity index (χ3n) is 4.93. The lowest BCUT2D eigenvalue weighted by Crippen LogP contribution is -2.66. The first-order valence-electron chi connectivity index (χ1n) is 8.16. The molecule has 0 spiro atoms. The van der Waals surface area contributed by atoms with E-state index in [9.17, 15) is 9.59 Å². The fourth-order valence-electron chi connectivity index (χ4n) is 3.32. The second-order valence-corrected chi connectivity index (χ2v) is 6.66. The van der Waals surface area contributed by atoms with Crippen LogP contribution in [0, 0.1) is 5.92 Å². The molecule has 0 saturated carbocycles. The molecule has 2 rings (SSSR count). The van der Waals surface area contributed by atoms with Crippen molar-refractivity contribution in [2.75, 3.05) is 13.2 Å². The smallest absolute Gasteiger partial charge is 0.246 e. The number of hydrogen-bond donors (Lipinski definition) is 1. The Bertz CT molecular complexity index is 404. The highest BCUT2D eigenvalue weighted by Crippen LogP contribution is 2.29. The number of nitrogens with zero attached hydrogens (tertiary/aromatic N) is 1. The minimum absolute atomic E-state index is 0.0241. The summed E-state index contributed by atoms with van der Waals surface area (Å²) in [6.45, 7) is 9.32. The van der Waals surface area contributed by atoms with Gasteiger partial charge in [0.15, 0.2) is 0 Å². The molecule has 2 heterocycles. The van der Waals surface area contributed by atoms with Crippen LogP contribution in [-0.4, -0.2) is 47.6 Å². The summed E-state index contributed by atoms with van der Waals surface area (Å²) in [5.41, 5.74) is -0.305. The molecule has 2 saturated heterocycles. The van der Waals surface area contributed by atoms with Gasteiger partial charge >= 0.3 is 0 Å². The molecule has 2 aliphatic rings. The van der Waals surface area contributed by atoms with E-state index < -0.39 is 6.04 Å². The van der Waals surface area contributed by atoms with Crippen LogP contribution < -0.4 is 5.32 Å². The summed E-state index contributed by atoms with van der Waals surface area (Å²) >= 11 is 0. The average molecular weight is 296 g/mol.